The lowest BCUT2D eigenvalue weighted by Crippen LogP contribution is -2.38. The van der Waals surface area contributed by atoms with Gasteiger partial charge in [0.2, 0.25) is 0 Å². The number of carbonyl (C=O) groups excluding carboxylic acids is 1. The molecule has 0 fully saturated rings. The lowest BCUT2D eigenvalue weighted by molar-refractivity contribution is 0.0501. The van der Waals surface area contributed by atoms with Gasteiger partial charge in [0, 0.05) is 19.8 Å². The molecule has 3 N–H and O–H groups in total. The summed E-state index contributed by atoms with van der Waals surface area (Å²) in [5.41, 5.74) is -0.354. The number of aliphatic hydroxyl groups is 1. The largest absolute Gasteiger partial charge is 0.478 e. The summed E-state index contributed by atoms with van der Waals surface area (Å²) < 4.78 is 18.2. The smallest absolute Gasteiger partial charge is 0.338 e. The van der Waals surface area contributed by atoms with Gasteiger partial charge in [-0.3, -0.25) is 0 Å². The van der Waals surface area contributed by atoms with Crippen molar-refractivity contribution in [2.45, 2.75) is 6.10 Å². The van der Waals surface area contributed by atoms with E-state index in [0.717, 1.165) is 12.1 Å². The lowest BCUT2D eigenvalue weighted by atomic mass is 10.2. The van der Waals surface area contributed by atoms with Crippen LogP contribution in [0.25, 0.3) is 0 Å². The molecular weight excluding hydrogens is 283 g/mol. The number of nitrogens with zero attached hydrogens (tertiary/aromatic N) is 1. The third-order valence-electron chi connectivity index (χ3n) is 2.64. The Labute approximate surface area is 120 Å². The zero-order chi connectivity index (χ0) is 16.0. The van der Waals surface area contributed by atoms with Gasteiger partial charge in [0.25, 0.3) is 0 Å². The number of hydrogen-bond acceptors (Lipinski definition) is 4. The number of nitrogens with one attached hydrogen (secondary N) is 1. The average molecular weight is 300 g/mol. The number of aliphatic hydroxyl groups excluding tert-OH is 1. The van der Waals surface area contributed by atoms with Crippen LogP contribution in [0.1, 0.15) is 10.4 Å². The van der Waals surface area contributed by atoms with Crippen molar-refractivity contribution in [1.29, 1.82) is 0 Å². The lowest BCUT2D eigenvalue weighted by Gasteiger charge is -2.21. The SMILES string of the molecule is COCC(O)CN(C)C(=O)Nc1ccc(C(=O)O)c(F)c1. The third kappa shape index (κ3) is 5.01. The number of anilines is 1. The molecule has 0 aromatic heterocycles. The van der Waals surface area contributed by atoms with E-state index in [1.54, 1.807) is 0 Å². The summed E-state index contributed by atoms with van der Waals surface area (Å²) in [6.45, 7) is 0.120. The van der Waals surface area contributed by atoms with Gasteiger partial charge in [0.05, 0.1) is 24.8 Å². The zero-order valence-corrected chi connectivity index (χ0v) is 11.7. The summed E-state index contributed by atoms with van der Waals surface area (Å²) >= 11 is 0. The molecule has 0 saturated carbocycles. The van der Waals surface area contributed by atoms with E-state index in [1.165, 1.54) is 25.1 Å². The summed E-state index contributed by atoms with van der Waals surface area (Å²) in [5.74, 6) is -2.33. The average Bonchev–Trinajstić information content (AvgIpc) is 2.38. The number of likely N-dealkylation sites (N-methyl/N-ethyl adjacent to an activating group) is 1. The minimum Gasteiger partial charge on any atom is -0.478 e. The van der Waals surface area contributed by atoms with Crippen LogP contribution in [0.2, 0.25) is 0 Å². The first-order valence-electron chi connectivity index (χ1n) is 6.07. The Morgan fingerprint density at radius 1 is 1.48 bits per heavy atom. The van der Waals surface area contributed by atoms with E-state index in [4.69, 9.17) is 9.84 Å². The summed E-state index contributed by atoms with van der Waals surface area (Å²) in [6, 6.07) is 2.70. The van der Waals surface area contributed by atoms with Gasteiger partial charge in [-0.2, -0.15) is 0 Å². The number of hydrogen-bond donors (Lipinski definition) is 3. The Kier molecular flexibility index (Phi) is 6.07. The highest BCUT2D eigenvalue weighted by Gasteiger charge is 2.15. The summed E-state index contributed by atoms with van der Waals surface area (Å²) in [5, 5.41) is 20.6. The van der Waals surface area contributed by atoms with E-state index in [2.05, 4.69) is 5.32 Å². The minimum atomic E-state index is -1.38. The maximum absolute atomic E-state index is 13.5. The van der Waals surface area contributed by atoms with Crippen molar-refractivity contribution in [3.05, 3.63) is 29.6 Å². The number of carboxylic acids is 1. The van der Waals surface area contributed by atoms with Crippen LogP contribution in [0.4, 0.5) is 14.9 Å². The fourth-order valence-corrected chi connectivity index (χ4v) is 1.63. The van der Waals surface area contributed by atoms with Gasteiger partial charge in [-0.25, -0.2) is 14.0 Å². The molecule has 0 heterocycles. The molecule has 0 spiro atoms. The maximum atomic E-state index is 13.5. The van der Waals surface area contributed by atoms with E-state index >= 15 is 0 Å². The molecule has 0 saturated heterocycles. The van der Waals surface area contributed by atoms with Crippen LogP contribution in [0.15, 0.2) is 18.2 Å². The van der Waals surface area contributed by atoms with Gasteiger partial charge in [-0.05, 0) is 18.2 Å². The van der Waals surface area contributed by atoms with E-state index in [1.807, 2.05) is 0 Å². The predicted octanol–water partition coefficient (Wildman–Crippen LogP) is 0.995. The van der Waals surface area contributed by atoms with Crippen LogP contribution >= 0.6 is 0 Å². The van der Waals surface area contributed by atoms with Crippen molar-refractivity contribution >= 4 is 17.7 Å². The normalized spacial score (nSPS) is 11.8. The van der Waals surface area contributed by atoms with E-state index < -0.39 is 29.5 Å². The quantitative estimate of drug-likeness (QED) is 0.728. The van der Waals surface area contributed by atoms with Crippen LogP contribution in [0.5, 0.6) is 0 Å². The summed E-state index contributed by atoms with van der Waals surface area (Å²) in [7, 11) is 2.88. The van der Waals surface area contributed by atoms with Gasteiger partial charge >= 0.3 is 12.0 Å². The number of rotatable bonds is 6. The molecule has 1 atom stereocenters. The van der Waals surface area contributed by atoms with Crippen molar-refractivity contribution in [2.24, 2.45) is 0 Å². The van der Waals surface area contributed by atoms with Crippen molar-refractivity contribution in [3.8, 4) is 0 Å². The summed E-state index contributed by atoms with van der Waals surface area (Å²) in [6.07, 6.45) is -0.836. The molecule has 0 aliphatic carbocycles. The minimum absolute atomic E-state index is 0.0371. The van der Waals surface area contributed by atoms with Gasteiger partial charge in [-0.1, -0.05) is 0 Å². The molecule has 0 radical (unpaired) electrons. The third-order valence-corrected chi connectivity index (χ3v) is 2.64. The maximum Gasteiger partial charge on any atom is 0.338 e. The molecular formula is C13H17FN2O5. The Morgan fingerprint density at radius 3 is 2.67 bits per heavy atom. The number of benzene rings is 1. The Bertz CT molecular complexity index is 523. The van der Waals surface area contributed by atoms with Gasteiger partial charge < -0.3 is 25.2 Å². The van der Waals surface area contributed by atoms with Gasteiger partial charge in [0.1, 0.15) is 5.82 Å². The predicted molar refractivity (Wildman–Crippen MR) is 72.9 cm³/mol. The van der Waals surface area contributed by atoms with Gasteiger partial charge in [0.15, 0.2) is 0 Å². The monoisotopic (exact) mass is 300 g/mol. The van der Waals surface area contributed by atoms with Crippen LogP contribution in [-0.4, -0.2) is 60.5 Å². The molecule has 0 bridgehead atoms. The molecule has 0 aliphatic rings. The van der Waals surface area contributed by atoms with E-state index in [9.17, 15) is 19.1 Å². The fourth-order valence-electron chi connectivity index (χ4n) is 1.63. The van der Waals surface area contributed by atoms with Crippen molar-refractivity contribution in [3.63, 3.8) is 0 Å². The second-order valence-electron chi connectivity index (χ2n) is 4.42. The molecule has 2 amide bonds. The number of ether oxygens (including phenoxy) is 1. The van der Waals surface area contributed by atoms with Crippen LogP contribution in [0.3, 0.4) is 0 Å². The number of methoxy groups -OCH3 is 1. The molecule has 21 heavy (non-hydrogen) atoms. The first-order valence-corrected chi connectivity index (χ1v) is 6.07. The first kappa shape index (κ1) is 16.9. The molecule has 1 rings (SSSR count). The molecule has 1 aromatic carbocycles. The zero-order valence-electron chi connectivity index (χ0n) is 11.7. The van der Waals surface area contributed by atoms with Crippen molar-refractivity contribution < 1.29 is 28.9 Å². The molecule has 1 unspecified atom stereocenters. The number of aromatic carboxylic acids is 1. The molecule has 116 valence electrons. The van der Waals surface area contributed by atoms with Crippen LogP contribution in [0, 0.1) is 5.82 Å². The number of carboxylic acid groups (broad SMARTS) is 1. The second kappa shape index (κ2) is 7.55. The highest BCUT2D eigenvalue weighted by Crippen LogP contribution is 2.15. The first-order chi connectivity index (χ1) is 9.85. The number of urea groups is 1. The number of halogens is 1. The Hall–Kier alpha value is -2.19. The van der Waals surface area contributed by atoms with Gasteiger partial charge in [-0.15, -0.1) is 0 Å². The molecule has 1 aromatic rings. The molecule has 8 heteroatoms. The van der Waals surface area contributed by atoms with E-state index in [-0.39, 0.29) is 18.8 Å². The fraction of sp³-hybridized carbons (Fsp3) is 0.385. The molecule has 7 nitrogen and oxygen atoms in total. The van der Waals surface area contributed by atoms with Crippen LogP contribution < -0.4 is 5.32 Å². The van der Waals surface area contributed by atoms with Crippen molar-refractivity contribution in [1.82, 2.24) is 4.90 Å². The Morgan fingerprint density at radius 2 is 2.14 bits per heavy atom. The topological polar surface area (TPSA) is 99.1 Å². The standard InChI is InChI=1S/C13H17FN2O5/c1-16(6-9(17)7-21-2)13(20)15-8-3-4-10(12(18)19)11(14)5-8/h3-5,9,17H,6-7H2,1-2H3,(H,15,20)(H,18,19). The summed E-state index contributed by atoms with van der Waals surface area (Å²) in [4.78, 5) is 23.7. The second-order valence-corrected chi connectivity index (χ2v) is 4.42. The highest BCUT2D eigenvalue weighted by atomic mass is 19.1. The molecule has 0 aliphatic heterocycles. The van der Waals surface area contributed by atoms with Crippen LogP contribution in [-0.2, 0) is 4.74 Å². The number of carbonyl (C=O) groups is 2. The van der Waals surface area contributed by atoms with E-state index in [0.29, 0.717) is 0 Å². The number of amides is 2. The Balaban J connectivity index is 2.66. The van der Waals surface area contributed by atoms with Crippen molar-refractivity contribution in [2.75, 3.05) is 32.6 Å². The highest BCUT2D eigenvalue weighted by molar-refractivity contribution is 5.91.